The Morgan fingerprint density at radius 3 is 2.44 bits per heavy atom. The summed E-state index contributed by atoms with van der Waals surface area (Å²) in [7, 11) is 0. The van der Waals surface area contributed by atoms with Gasteiger partial charge in [0.2, 0.25) is 5.79 Å². The Morgan fingerprint density at radius 2 is 1.75 bits per heavy atom. The van der Waals surface area contributed by atoms with Crippen LogP contribution < -0.4 is 9.47 Å². The number of hydrogen-bond donors (Lipinski definition) is 2. The van der Waals surface area contributed by atoms with E-state index < -0.39 is 23.8 Å². The zero-order valence-corrected chi connectivity index (χ0v) is 33.3. The summed E-state index contributed by atoms with van der Waals surface area (Å²) in [6.45, 7) is 17.4. The van der Waals surface area contributed by atoms with E-state index in [1.54, 1.807) is 17.1 Å². The molecule has 0 aromatic heterocycles. The fourth-order valence-electron chi connectivity index (χ4n) is 8.70. The summed E-state index contributed by atoms with van der Waals surface area (Å²) in [6.07, 6.45) is 11.7. The first-order valence-electron chi connectivity index (χ1n) is 20.3. The van der Waals surface area contributed by atoms with E-state index in [1.165, 1.54) is 5.56 Å². The number of aliphatic hydroxyl groups excluding tert-OH is 2. The van der Waals surface area contributed by atoms with E-state index in [9.17, 15) is 15.0 Å². The molecule has 300 valence electrons. The summed E-state index contributed by atoms with van der Waals surface area (Å²) < 4.78 is 26.7. The maximum Gasteiger partial charge on any atom is 0.410 e. The Bertz CT molecular complexity index is 1670. The van der Waals surface area contributed by atoms with Gasteiger partial charge in [-0.05, 0) is 118 Å². The molecule has 0 radical (unpaired) electrons. The maximum atomic E-state index is 14.1. The van der Waals surface area contributed by atoms with Gasteiger partial charge in [0, 0.05) is 37.7 Å². The summed E-state index contributed by atoms with van der Waals surface area (Å²) in [5.74, 6) is 0.477. The summed E-state index contributed by atoms with van der Waals surface area (Å²) in [5, 5.41) is 24.5. The SMILES string of the molecule is C=CCCOC(=O)N(CCC)[C@H]1CC(=NOCC)C2=C[C@H](CCCCO)[C@@H](CCCCO)[C@@H]3c4cc(Oc5ccc(C)c(C)c5)ccc4O[C@@]1(OCC=C)[C@H]23. The summed E-state index contributed by atoms with van der Waals surface area (Å²) >= 11 is 0. The minimum Gasteiger partial charge on any atom is -0.459 e. The van der Waals surface area contributed by atoms with Crippen LogP contribution in [0.4, 0.5) is 4.79 Å². The highest BCUT2D eigenvalue weighted by atomic mass is 16.7. The lowest BCUT2D eigenvalue weighted by atomic mass is 9.55. The van der Waals surface area contributed by atoms with Crippen molar-refractivity contribution in [3.8, 4) is 17.2 Å². The van der Waals surface area contributed by atoms with E-state index in [0.29, 0.717) is 56.8 Å². The second-order valence-corrected chi connectivity index (χ2v) is 14.9. The molecule has 10 heteroatoms. The van der Waals surface area contributed by atoms with Crippen molar-refractivity contribution in [3.05, 3.63) is 90.0 Å². The smallest absolute Gasteiger partial charge is 0.410 e. The van der Waals surface area contributed by atoms with Crippen molar-refractivity contribution in [2.24, 2.45) is 22.9 Å². The van der Waals surface area contributed by atoms with Crippen molar-refractivity contribution in [2.75, 3.05) is 39.6 Å². The molecule has 5 rings (SSSR count). The molecule has 1 fully saturated rings. The number of aryl methyl sites for hydroxylation is 2. The van der Waals surface area contributed by atoms with Crippen molar-refractivity contribution in [1.82, 2.24) is 4.90 Å². The van der Waals surface area contributed by atoms with Gasteiger partial charge >= 0.3 is 6.09 Å². The zero-order chi connectivity index (χ0) is 39.4. The Morgan fingerprint density at radius 1 is 1.00 bits per heavy atom. The molecule has 0 unspecified atom stereocenters. The summed E-state index contributed by atoms with van der Waals surface area (Å²) in [4.78, 5) is 21.7. The van der Waals surface area contributed by atoms with Gasteiger partial charge in [-0.1, -0.05) is 49.2 Å². The summed E-state index contributed by atoms with van der Waals surface area (Å²) in [5.41, 5.74) is 5.10. The third-order valence-electron chi connectivity index (χ3n) is 11.3. The lowest BCUT2D eigenvalue weighted by Gasteiger charge is -2.59. The molecule has 2 N–H and O–H groups in total. The third kappa shape index (κ3) is 9.47. The predicted molar refractivity (Wildman–Crippen MR) is 216 cm³/mol. The number of hydrogen-bond acceptors (Lipinski definition) is 9. The van der Waals surface area contributed by atoms with E-state index in [1.807, 2.05) is 32.0 Å². The second kappa shape index (κ2) is 20.2. The van der Waals surface area contributed by atoms with Crippen LogP contribution in [0.3, 0.4) is 0 Å². The number of amides is 1. The van der Waals surface area contributed by atoms with Crippen LogP contribution in [0.25, 0.3) is 0 Å². The van der Waals surface area contributed by atoms with Gasteiger partial charge in [-0.2, -0.15) is 0 Å². The maximum absolute atomic E-state index is 14.1. The zero-order valence-electron chi connectivity index (χ0n) is 33.3. The molecule has 1 saturated carbocycles. The van der Waals surface area contributed by atoms with E-state index in [2.05, 4.69) is 51.3 Å². The molecule has 3 aliphatic rings. The number of aliphatic hydroxyl groups is 2. The molecule has 6 atom stereocenters. The first-order valence-corrected chi connectivity index (χ1v) is 20.3. The number of rotatable bonds is 21. The fraction of sp³-hybridized carbons (Fsp3) is 0.556. The third-order valence-corrected chi connectivity index (χ3v) is 11.3. The molecule has 2 aromatic rings. The van der Waals surface area contributed by atoms with Gasteiger partial charge in [-0.15, -0.1) is 13.2 Å². The molecule has 2 aromatic carbocycles. The number of nitrogens with zero attached hydrogens (tertiary/aromatic N) is 2. The van der Waals surface area contributed by atoms with Crippen molar-refractivity contribution in [2.45, 2.75) is 103 Å². The number of fused-ring (bicyclic) bond motifs is 2. The van der Waals surface area contributed by atoms with Crippen LogP contribution in [-0.4, -0.2) is 78.3 Å². The normalized spacial score (nSPS) is 24.5. The van der Waals surface area contributed by atoms with Crippen LogP contribution in [-0.2, 0) is 14.3 Å². The van der Waals surface area contributed by atoms with Crippen LogP contribution in [0.1, 0.15) is 94.2 Å². The van der Waals surface area contributed by atoms with Gasteiger partial charge in [-0.25, -0.2) is 4.79 Å². The number of carbonyl (C=O) groups is 1. The number of benzene rings is 2. The van der Waals surface area contributed by atoms with Crippen molar-refractivity contribution in [3.63, 3.8) is 0 Å². The first kappa shape index (κ1) is 42.0. The average Bonchev–Trinajstić information content (AvgIpc) is 3.18. The number of oxime groups is 1. The molecule has 0 saturated heterocycles. The van der Waals surface area contributed by atoms with Crippen molar-refractivity contribution in [1.29, 1.82) is 0 Å². The van der Waals surface area contributed by atoms with Crippen LogP contribution >= 0.6 is 0 Å². The quantitative estimate of drug-likeness (QED) is 0.0735. The molecule has 10 nitrogen and oxygen atoms in total. The topological polar surface area (TPSA) is 119 Å². The lowest BCUT2D eigenvalue weighted by molar-refractivity contribution is -0.255. The van der Waals surface area contributed by atoms with Gasteiger partial charge in [0.25, 0.3) is 0 Å². The van der Waals surface area contributed by atoms with Gasteiger partial charge in [-0.3, -0.25) is 4.90 Å². The minimum absolute atomic E-state index is 0.108. The van der Waals surface area contributed by atoms with Crippen LogP contribution in [0.2, 0.25) is 0 Å². The van der Waals surface area contributed by atoms with Crippen LogP contribution in [0.5, 0.6) is 17.2 Å². The van der Waals surface area contributed by atoms with E-state index in [0.717, 1.165) is 53.8 Å². The molecular weight excluding hydrogens is 697 g/mol. The standard InChI is InChI=1S/C45H62N2O8/c1-7-11-26-51-44(50)47(22-8-2)41-30-39(46-53-10-4)37-28-33(16-12-14-23-48)36(17-13-15-24-49)42-38-29-35(54-34-19-18-31(5)32(6)27-34)20-21-40(38)55-45(41,43(37)42)52-25-9-3/h7,9,18-21,27-29,33,36,41-43,48-49H,1,3,8,10-17,22-26,30H2,2,4-6H3/t33-,36+,41-,42+,43+,45+/m0/s1. The fourth-order valence-corrected chi connectivity index (χ4v) is 8.70. The molecule has 1 amide bonds. The molecule has 0 bridgehead atoms. The van der Waals surface area contributed by atoms with Crippen LogP contribution in [0.15, 0.2) is 78.5 Å². The van der Waals surface area contributed by atoms with Crippen molar-refractivity contribution >= 4 is 11.8 Å². The predicted octanol–water partition coefficient (Wildman–Crippen LogP) is 9.17. The number of ether oxygens (including phenoxy) is 4. The molecular formula is C45H62N2O8. The summed E-state index contributed by atoms with van der Waals surface area (Å²) in [6, 6.07) is 11.5. The lowest BCUT2D eigenvalue weighted by Crippen LogP contribution is -2.70. The molecule has 2 aliphatic carbocycles. The first-order chi connectivity index (χ1) is 26.8. The number of unbranched alkanes of at least 4 members (excludes halogenated alkanes) is 2. The van der Waals surface area contributed by atoms with Gasteiger partial charge in [0.15, 0.2) is 0 Å². The van der Waals surface area contributed by atoms with Gasteiger partial charge in [0.05, 0.1) is 24.8 Å². The molecule has 55 heavy (non-hydrogen) atoms. The van der Waals surface area contributed by atoms with Crippen molar-refractivity contribution < 1.29 is 38.8 Å². The largest absolute Gasteiger partial charge is 0.459 e. The number of carbonyl (C=O) groups excluding carboxylic acids is 1. The highest BCUT2D eigenvalue weighted by molar-refractivity contribution is 6.03. The van der Waals surface area contributed by atoms with Gasteiger partial charge < -0.3 is 34.0 Å². The highest BCUT2D eigenvalue weighted by Crippen LogP contribution is 2.62. The molecule has 0 spiro atoms. The Hall–Kier alpha value is -4.12. The number of allylic oxidation sites excluding steroid dienone is 1. The highest BCUT2D eigenvalue weighted by Gasteiger charge is 2.65. The Balaban J connectivity index is 1.76. The molecule has 1 heterocycles. The molecule has 1 aliphatic heterocycles. The average molecular weight is 759 g/mol. The Labute approximate surface area is 327 Å². The van der Waals surface area contributed by atoms with E-state index >= 15 is 0 Å². The van der Waals surface area contributed by atoms with E-state index in [4.69, 9.17) is 28.9 Å². The van der Waals surface area contributed by atoms with Gasteiger partial charge in [0.1, 0.15) is 29.9 Å². The van der Waals surface area contributed by atoms with Crippen LogP contribution in [0, 0.1) is 31.6 Å². The van der Waals surface area contributed by atoms with E-state index in [-0.39, 0.29) is 44.2 Å². The monoisotopic (exact) mass is 758 g/mol. The Kier molecular flexibility index (Phi) is 15.4. The minimum atomic E-state index is -1.34. The second-order valence-electron chi connectivity index (χ2n) is 14.9.